The fraction of sp³-hybridized carbons (Fsp3) is 0.400. The molecule has 0 spiro atoms. The lowest BCUT2D eigenvalue weighted by atomic mass is 10.1. The average molecular weight is 197 g/mol. The second-order valence-electron chi connectivity index (χ2n) is 3.07. The highest BCUT2D eigenvalue weighted by Crippen LogP contribution is 2.22. The molecule has 0 aliphatic heterocycles. The van der Waals surface area contributed by atoms with Crippen LogP contribution in [0.4, 0.5) is 5.69 Å². The first-order valence-corrected chi connectivity index (χ1v) is 4.39. The number of rotatable bonds is 4. The fourth-order valence-corrected chi connectivity index (χ4v) is 1.39. The third-order valence-corrected chi connectivity index (χ3v) is 2.20. The van der Waals surface area contributed by atoms with Crippen molar-refractivity contribution in [3.05, 3.63) is 29.3 Å². The summed E-state index contributed by atoms with van der Waals surface area (Å²) in [6, 6.07) is 5.33. The van der Waals surface area contributed by atoms with Gasteiger partial charge >= 0.3 is 0 Å². The topological polar surface area (TPSA) is 63.9 Å². The summed E-state index contributed by atoms with van der Waals surface area (Å²) in [5.74, 6) is 0. The summed E-state index contributed by atoms with van der Waals surface area (Å²) < 4.78 is 0. The Morgan fingerprint density at radius 1 is 1.14 bits per heavy atom. The molecule has 0 radical (unpaired) electrons. The molecule has 1 aromatic rings. The second kappa shape index (κ2) is 4.95. The first-order chi connectivity index (χ1) is 6.74. The number of aliphatic hydroxyl groups is 3. The maximum Gasteiger partial charge on any atom is 0.115 e. The van der Waals surface area contributed by atoms with Crippen molar-refractivity contribution in [2.75, 3.05) is 18.7 Å². The van der Waals surface area contributed by atoms with E-state index in [0.717, 1.165) is 5.69 Å². The average Bonchev–Trinajstić information content (AvgIpc) is 2.26. The summed E-state index contributed by atoms with van der Waals surface area (Å²) in [4.78, 5) is 1.60. The summed E-state index contributed by atoms with van der Waals surface area (Å²) in [5, 5.41) is 27.1. The lowest BCUT2D eigenvalue weighted by molar-refractivity contribution is 0.258. The van der Waals surface area contributed by atoms with Gasteiger partial charge in [0, 0.05) is 18.3 Å². The molecule has 78 valence electrons. The number of benzene rings is 1. The van der Waals surface area contributed by atoms with Gasteiger partial charge in [-0.15, -0.1) is 0 Å². The van der Waals surface area contributed by atoms with Crippen molar-refractivity contribution in [1.82, 2.24) is 0 Å². The highest BCUT2D eigenvalue weighted by molar-refractivity contribution is 5.55. The van der Waals surface area contributed by atoms with Crippen molar-refractivity contribution in [1.29, 1.82) is 0 Å². The predicted molar refractivity (Wildman–Crippen MR) is 53.8 cm³/mol. The molecular formula is C10H15NO3. The molecular weight excluding hydrogens is 182 g/mol. The zero-order valence-electron chi connectivity index (χ0n) is 8.14. The van der Waals surface area contributed by atoms with Crippen molar-refractivity contribution < 1.29 is 15.3 Å². The third-order valence-electron chi connectivity index (χ3n) is 2.20. The normalized spacial score (nSPS) is 10.3. The molecule has 4 nitrogen and oxygen atoms in total. The van der Waals surface area contributed by atoms with E-state index in [0.29, 0.717) is 11.1 Å². The van der Waals surface area contributed by atoms with Crippen molar-refractivity contribution in [2.45, 2.75) is 13.2 Å². The Kier molecular flexibility index (Phi) is 3.88. The molecule has 3 N–H and O–H groups in total. The smallest absolute Gasteiger partial charge is 0.115 e. The van der Waals surface area contributed by atoms with Gasteiger partial charge in [-0.05, 0) is 11.6 Å². The molecule has 0 bridgehead atoms. The van der Waals surface area contributed by atoms with Crippen molar-refractivity contribution in [3.63, 3.8) is 0 Å². The molecule has 0 aliphatic carbocycles. The van der Waals surface area contributed by atoms with Crippen LogP contribution in [0.3, 0.4) is 0 Å². The lowest BCUT2D eigenvalue weighted by Gasteiger charge is -2.20. The minimum Gasteiger partial charge on any atom is -0.392 e. The molecule has 0 aromatic heterocycles. The molecule has 0 fully saturated rings. The zero-order valence-corrected chi connectivity index (χ0v) is 8.14. The van der Waals surface area contributed by atoms with E-state index < -0.39 is 0 Å². The van der Waals surface area contributed by atoms with E-state index >= 15 is 0 Å². The number of anilines is 1. The molecule has 0 amide bonds. The van der Waals surface area contributed by atoms with Crippen molar-refractivity contribution in [2.24, 2.45) is 0 Å². The van der Waals surface area contributed by atoms with Crippen LogP contribution >= 0.6 is 0 Å². The molecule has 1 aromatic carbocycles. The van der Waals surface area contributed by atoms with Gasteiger partial charge in [0.2, 0.25) is 0 Å². The molecule has 0 unspecified atom stereocenters. The van der Waals surface area contributed by atoms with E-state index in [4.69, 9.17) is 15.3 Å². The SMILES string of the molecule is CN(CO)c1cccc(CO)c1CO. The first kappa shape index (κ1) is 11.0. The summed E-state index contributed by atoms with van der Waals surface area (Å²) >= 11 is 0. The predicted octanol–water partition coefficient (Wildman–Crippen LogP) is 0.0572. The summed E-state index contributed by atoms with van der Waals surface area (Å²) in [6.07, 6.45) is 0. The summed E-state index contributed by atoms with van der Waals surface area (Å²) in [7, 11) is 1.72. The van der Waals surface area contributed by atoms with Gasteiger partial charge in [-0.2, -0.15) is 0 Å². The quantitative estimate of drug-likeness (QED) is 0.597. The zero-order chi connectivity index (χ0) is 10.6. The van der Waals surface area contributed by atoms with Gasteiger partial charge < -0.3 is 20.2 Å². The fourth-order valence-electron chi connectivity index (χ4n) is 1.39. The first-order valence-electron chi connectivity index (χ1n) is 4.39. The van der Waals surface area contributed by atoms with E-state index in [1.165, 1.54) is 0 Å². The maximum atomic E-state index is 9.16. The second-order valence-corrected chi connectivity index (χ2v) is 3.07. The van der Waals surface area contributed by atoms with E-state index in [9.17, 15) is 0 Å². The third kappa shape index (κ3) is 2.04. The van der Waals surface area contributed by atoms with E-state index in [-0.39, 0.29) is 19.9 Å². The van der Waals surface area contributed by atoms with Crippen LogP contribution in [0, 0.1) is 0 Å². The Hall–Kier alpha value is -1.10. The minimum absolute atomic E-state index is 0.108. The molecule has 14 heavy (non-hydrogen) atoms. The molecule has 0 saturated heterocycles. The van der Waals surface area contributed by atoms with Crippen LogP contribution in [-0.2, 0) is 13.2 Å². The number of hydrogen-bond donors (Lipinski definition) is 3. The van der Waals surface area contributed by atoms with Crippen LogP contribution in [0.2, 0.25) is 0 Å². The van der Waals surface area contributed by atoms with Gasteiger partial charge in [-0.1, -0.05) is 12.1 Å². The lowest BCUT2D eigenvalue weighted by Crippen LogP contribution is -2.20. The van der Waals surface area contributed by atoms with E-state index in [1.54, 1.807) is 30.1 Å². The van der Waals surface area contributed by atoms with Crippen molar-refractivity contribution >= 4 is 5.69 Å². The van der Waals surface area contributed by atoms with Gasteiger partial charge in [0.05, 0.1) is 13.2 Å². The van der Waals surface area contributed by atoms with Crippen LogP contribution in [-0.4, -0.2) is 29.1 Å². The Balaban J connectivity index is 3.14. The number of nitrogens with zero attached hydrogens (tertiary/aromatic N) is 1. The number of aliphatic hydroxyl groups excluding tert-OH is 3. The minimum atomic E-state index is -0.142. The maximum absolute atomic E-state index is 9.16. The standard InChI is InChI=1S/C10H15NO3/c1-11(7-14)10-4-2-3-8(5-12)9(10)6-13/h2-4,12-14H,5-7H2,1H3. The van der Waals surface area contributed by atoms with E-state index in [2.05, 4.69) is 0 Å². The van der Waals surface area contributed by atoms with Gasteiger partial charge in [0.15, 0.2) is 0 Å². The molecule has 4 heteroatoms. The Morgan fingerprint density at radius 3 is 2.36 bits per heavy atom. The van der Waals surface area contributed by atoms with Crippen LogP contribution < -0.4 is 4.90 Å². The Morgan fingerprint density at radius 2 is 1.86 bits per heavy atom. The monoisotopic (exact) mass is 197 g/mol. The molecule has 0 atom stereocenters. The van der Waals surface area contributed by atoms with Crippen LogP contribution in [0.5, 0.6) is 0 Å². The molecule has 0 heterocycles. The molecule has 1 rings (SSSR count). The summed E-state index contributed by atoms with van der Waals surface area (Å²) in [6.45, 7) is -0.374. The molecule has 0 saturated carbocycles. The Bertz CT molecular complexity index is 301. The highest BCUT2D eigenvalue weighted by atomic mass is 16.3. The van der Waals surface area contributed by atoms with Gasteiger partial charge in [0.25, 0.3) is 0 Å². The number of hydrogen-bond acceptors (Lipinski definition) is 4. The Labute approximate surface area is 83.0 Å². The molecule has 0 aliphatic rings. The van der Waals surface area contributed by atoms with Crippen LogP contribution in [0.1, 0.15) is 11.1 Å². The van der Waals surface area contributed by atoms with E-state index in [1.807, 2.05) is 0 Å². The van der Waals surface area contributed by atoms with Crippen LogP contribution in [0.15, 0.2) is 18.2 Å². The van der Waals surface area contributed by atoms with Crippen molar-refractivity contribution in [3.8, 4) is 0 Å². The van der Waals surface area contributed by atoms with Gasteiger partial charge in [-0.3, -0.25) is 0 Å². The van der Waals surface area contributed by atoms with Crippen LogP contribution in [0.25, 0.3) is 0 Å². The van der Waals surface area contributed by atoms with Gasteiger partial charge in [0.1, 0.15) is 6.73 Å². The largest absolute Gasteiger partial charge is 0.392 e. The summed E-state index contributed by atoms with van der Waals surface area (Å²) in [5.41, 5.74) is 2.08. The highest BCUT2D eigenvalue weighted by Gasteiger charge is 2.09. The van der Waals surface area contributed by atoms with Gasteiger partial charge in [-0.25, -0.2) is 0 Å².